The zero-order valence-electron chi connectivity index (χ0n) is 9.76. The first kappa shape index (κ1) is 10.8. The van der Waals surface area contributed by atoms with Crippen molar-refractivity contribution in [3.8, 4) is 0 Å². The van der Waals surface area contributed by atoms with E-state index in [0.717, 1.165) is 28.6 Å². The molecule has 5 heteroatoms. The van der Waals surface area contributed by atoms with Crippen molar-refractivity contribution in [1.29, 1.82) is 0 Å². The van der Waals surface area contributed by atoms with Crippen molar-refractivity contribution >= 4 is 22.7 Å². The fraction of sp³-hybridized carbons (Fsp3) is 0.231. The van der Waals surface area contributed by atoms with Crippen LogP contribution in [0.1, 0.15) is 12.0 Å². The summed E-state index contributed by atoms with van der Waals surface area (Å²) >= 11 is 0. The highest BCUT2D eigenvalue weighted by atomic mass is 16.4. The van der Waals surface area contributed by atoms with E-state index in [1.54, 1.807) is 6.20 Å². The average Bonchev–Trinajstić information content (AvgIpc) is 2.82. The van der Waals surface area contributed by atoms with E-state index >= 15 is 0 Å². The van der Waals surface area contributed by atoms with Crippen molar-refractivity contribution in [2.45, 2.75) is 6.42 Å². The van der Waals surface area contributed by atoms with Gasteiger partial charge in [-0.15, -0.1) is 0 Å². The molecule has 0 saturated heterocycles. The van der Waals surface area contributed by atoms with Gasteiger partial charge in [0, 0.05) is 31.0 Å². The summed E-state index contributed by atoms with van der Waals surface area (Å²) in [5.41, 5.74) is 4.20. The Hall–Kier alpha value is -2.30. The summed E-state index contributed by atoms with van der Waals surface area (Å²) in [5, 5.41) is 8.90. The number of carboxylic acid groups (broad SMARTS) is 1. The molecule has 1 aliphatic heterocycles. The molecule has 1 amide bonds. The van der Waals surface area contributed by atoms with Crippen LogP contribution in [0.3, 0.4) is 0 Å². The molecule has 0 aromatic carbocycles. The molecular weight excluding hydrogens is 230 g/mol. The number of fused-ring (bicyclic) bond motifs is 1. The lowest BCUT2D eigenvalue weighted by Crippen LogP contribution is -2.33. The highest BCUT2D eigenvalue weighted by Gasteiger charge is 2.18. The predicted octanol–water partition coefficient (Wildman–Crippen LogP) is 2.33. The molecule has 3 rings (SSSR count). The Morgan fingerprint density at radius 3 is 3.11 bits per heavy atom. The Morgan fingerprint density at radius 1 is 1.50 bits per heavy atom. The van der Waals surface area contributed by atoms with Crippen LogP contribution >= 0.6 is 0 Å². The molecule has 0 radical (unpaired) electrons. The first-order valence-electron chi connectivity index (χ1n) is 5.85. The molecule has 1 aliphatic rings. The predicted molar refractivity (Wildman–Crippen MR) is 68.3 cm³/mol. The number of hydrogen-bond donors (Lipinski definition) is 2. The van der Waals surface area contributed by atoms with E-state index in [4.69, 9.17) is 5.11 Å². The van der Waals surface area contributed by atoms with Gasteiger partial charge in [0.1, 0.15) is 0 Å². The van der Waals surface area contributed by atoms with Gasteiger partial charge in [0.05, 0.1) is 11.0 Å². The van der Waals surface area contributed by atoms with Crippen molar-refractivity contribution in [3.63, 3.8) is 0 Å². The third kappa shape index (κ3) is 1.73. The van der Waals surface area contributed by atoms with E-state index in [-0.39, 0.29) is 0 Å². The van der Waals surface area contributed by atoms with Crippen LogP contribution in [0.5, 0.6) is 0 Å². The fourth-order valence-corrected chi connectivity index (χ4v) is 2.29. The second-order valence-corrected chi connectivity index (χ2v) is 4.31. The molecule has 2 aromatic heterocycles. The minimum absolute atomic E-state index is 0.449. The summed E-state index contributed by atoms with van der Waals surface area (Å²) in [5.74, 6) is 0. The van der Waals surface area contributed by atoms with Gasteiger partial charge in [0.15, 0.2) is 0 Å². The van der Waals surface area contributed by atoms with Gasteiger partial charge in [-0.25, -0.2) is 4.79 Å². The standard InChI is InChI=1S/C13H13N3O2/c17-13(18)16-6-3-9(4-7-16)10-8-15-11-2-1-5-14-12(10)11/h1-3,5,8,15H,4,6-7H2,(H,17,18). The molecule has 18 heavy (non-hydrogen) atoms. The number of nitrogens with zero attached hydrogens (tertiary/aromatic N) is 2. The highest BCUT2D eigenvalue weighted by Crippen LogP contribution is 2.27. The normalized spacial score (nSPS) is 15.8. The van der Waals surface area contributed by atoms with Crippen LogP contribution in [0.15, 0.2) is 30.6 Å². The summed E-state index contributed by atoms with van der Waals surface area (Å²) in [6.45, 7) is 0.991. The lowest BCUT2D eigenvalue weighted by atomic mass is 10.0. The molecule has 0 spiro atoms. The lowest BCUT2D eigenvalue weighted by molar-refractivity contribution is 0.150. The molecule has 2 N–H and O–H groups in total. The third-order valence-electron chi connectivity index (χ3n) is 3.26. The van der Waals surface area contributed by atoms with Crippen LogP contribution in [0.2, 0.25) is 0 Å². The Bertz CT molecular complexity index is 630. The second-order valence-electron chi connectivity index (χ2n) is 4.31. The fourth-order valence-electron chi connectivity index (χ4n) is 2.29. The van der Waals surface area contributed by atoms with Gasteiger partial charge in [-0.05, 0) is 24.1 Å². The van der Waals surface area contributed by atoms with E-state index in [9.17, 15) is 4.79 Å². The van der Waals surface area contributed by atoms with E-state index in [0.29, 0.717) is 13.1 Å². The van der Waals surface area contributed by atoms with Crippen LogP contribution < -0.4 is 0 Å². The minimum Gasteiger partial charge on any atom is -0.465 e. The first-order valence-corrected chi connectivity index (χ1v) is 5.85. The Morgan fingerprint density at radius 2 is 2.39 bits per heavy atom. The van der Waals surface area contributed by atoms with E-state index < -0.39 is 6.09 Å². The summed E-state index contributed by atoms with van der Waals surface area (Å²) in [6, 6.07) is 3.88. The molecule has 5 nitrogen and oxygen atoms in total. The average molecular weight is 243 g/mol. The highest BCUT2D eigenvalue weighted by molar-refractivity contribution is 5.89. The second kappa shape index (κ2) is 4.18. The SMILES string of the molecule is O=C(O)N1CC=C(c2c[nH]c3cccnc23)CC1. The monoisotopic (exact) mass is 243 g/mol. The van der Waals surface area contributed by atoms with Crippen molar-refractivity contribution in [1.82, 2.24) is 14.9 Å². The number of rotatable bonds is 1. The number of aromatic nitrogens is 2. The smallest absolute Gasteiger partial charge is 0.407 e. The van der Waals surface area contributed by atoms with Gasteiger partial charge in [-0.3, -0.25) is 4.98 Å². The number of pyridine rings is 1. The molecule has 2 aromatic rings. The van der Waals surface area contributed by atoms with Gasteiger partial charge < -0.3 is 15.0 Å². The number of H-pyrrole nitrogens is 1. The van der Waals surface area contributed by atoms with E-state index in [2.05, 4.69) is 9.97 Å². The first-order chi connectivity index (χ1) is 8.75. The van der Waals surface area contributed by atoms with Gasteiger partial charge in [-0.2, -0.15) is 0 Å². The van der Waals surface area contributed by atoms with Crippen LogP contribution in [0, 0.1) is 0 Å². The van der Waals surface area contributed by atoms with Gasteiger partial charge in [0.2, 0.25) is 0 Å². The Kier molecular flexibility index (Phi) is 2.51. The Labute approximate surface area is 104 Å². The van der Waals surface area contributed by atoms with E-state index in [1.165, 1.54) is 4.90 Å². The molecule has 0 atom stereocenters. The van der Waals surface area contributed by atoms with Crippen LogP contribution in [-0.2, 0) is 0 Å². The van der Waals surface area contributed by atoms with Crippen molar-refractivity contribution in [3.05, 3.63) is 36.2 Å². The largest absolute Gasteiger partial charge is 0.465 e. The summed E-state index contributed by atoms with van der Waals surface area (Å²) in [7, 11) is 0. The van der Waals surface area contributed by atoms with Crippen LogP contribution in [0.4, 0.5) is 4.79 Å². The zero-order valence-corrected chi connectivity index (χ0v) is 9.76. The molecule has 0 unspecified atom stereocenters. The maximum atomic E-state index is 10.8. The zero-order chi connectivity index (χ0) is 12.5. The summed E-state index contributed by atoms with van der Waals surface area (Å²) in [4.78, 5) is 19.8. The van der Waals surface area contributed by atoms with Crippen LogP contribution in [-0.4, -0.2) is 39.2 Å². The molecular formula is C13H13N3O2. The Balaban J connectivity index is 1.94. The van der Waals surface area contributed by atoms with Gasteiger partial charge >= 0.3 is 6.09 Å². The van der Waals surface area contributed by atoms with Crippen molar-refractivity contribution < 1.29 is 9.90 Å². The van der Waals surface area contributed by atoms with E-state index in [1.807, 2.05) is 24.4 Å². The number of nitrogens with one attached hydrogen (secondary N) is 1. The number of amides is 1. The van der Waals surface area contributed by atoms with Crippen molar-refractivity contribution in [2.24, 2.45) is 0 Å². The third-order valence-corrected chi connectivity index (χ3v) is 3.26. The molecule has 3 heterocycles. The molecule has 92 valence electrons. The maximum Gasteiger partial charge on any atom is 0.407 e. The molecule has 0 aliphatic carbocycles. The minimum atomic E-state index is -0.859. The quantitative estimate of drug-likeness (QED) is 0.807. The topological polar surface area (TPSA) is 69.2 Å². The van der Waals surface area contributed by atoms with Gasteiger partial charge in [-0.1, -0.05) is 6.08 Å². The molecule has 0 bridgehead atoms. The maximum absolute atomic E-state index is 10.8. The molecule has 0 saturated carbocycles. The number of aromatic amines is 1. The van der Waals surface area contributed by atoms with Crippen LogP contribution in [0.25, 0.3) is 16.6 Å². The number of hydrogen-bond acceptors (Lipinski definition) is 2. The van der Waals surface area contributed by atoms with Gasteiger partial charge in [0.25, 0.3) is 0 Å². The number of carbonyl (C=O) groups is 1. The summed E-state index contributed by atoms with van der Waals surface area (Å²) in [6.07, 6.45) is 5.56. The van der Waals surface area contributed by atoms with Crippen molar-refractivity contribution in [2.75, 3.05) is 13.1 Å². The summed E-state index contributed by atoms with van der Waals surface area (Å²) < 4.78 is 0. The molecule has 0 fully saturated rings. The lowest BCUT2D eigenvalue weighted by Gasteiger charge is -2.23.